The van der Waals surface area contributed by atoms with Crippen molar-refractivity contribution in [3.05, 3.63) is 71.3 Å². The molecule has 2 heteroatoms. The Hall–Kier alpha value is -1.64. The first-order chi connectivity index (χ1) is 10.4. The molecule has 2 nitrogen and oxygen atoms in total. The second-order valence-corrected chi connectivity index (χ2v) is 6.74. The van der Waals surface area contributed by atoms with E-state index < -0.39 is 5.60 Å². The number of benzene rings is 2. The van der Waals surface area contributed by atoms with Gasteiger partial charge in [-0.05, 0) is 44.4 Å². The van der Waals surface area contributed by atoms with E-state index in [9.17, 15) is 5.11 Å². The minimum Gasteiger partial charge on any atom is -0.386 e. The number of aliphatic hydroxyl groups is 1. The average Bonchev–Trinajstić information content (AvgIpc) is 2.47. The summed E-state index contributed by atoms with van der Waals surface area (Å²) in [4.78, 5) is 2.45. The molecule has 0 saturated carbocycles. The normalized spacial score (nSPS) is 12.1. The number of hydrogen-bond acceptors (Lipinski definition) is 2. The molecule has 2 aromatic rings. The molecule has 0 aliphatic rings. The summed E-state index contributed by atoms with van der Waals surface area (Å²) in [6, 6.07) is 19.3. The molecule has 0 atom stereocenters. The summed E-state index contributed by atoms with van der Waals surface area (Å²) in [6.45, 7) is 9.96. The molecule has 22 heavy (non-hydrogen) atoms. The average molecular weight is 297 g/mol. The highest BCUT2D eigenvalue weighted by Gasteiger charge is 2.16. The Morgan fingerprint density at radius 3 is 1.82 bits per heavy atom. The third-order valence-electron chi connectivity index (χ3n) is 4.00. The zero-order valence-electron chi connectivity index (χ0n) is 14.1. The summed E-state index contributed by atoms with van der Waals surface area (Å²) >= 11 is 0. The number of hydrogen-bond donors (Lipinski definition) is 1. The molecule has 0 saturated heterocycles. The van der Waals surface area contributed by atoms with Gasteiger partial charge in [0.2, 0.25) is 0 Å². The Balaban J connectivity index is 2.08. The molecule has 0 bridgehead atoms. The van der Waals surface area contributed by atoms with Crippen LogP contribution in [0.4, 0.5) is 0 Å². The van der Waals surface area contributed by atoms with Gasteiger partial charge in [-0.2, -0.15) is 0 Å². The van der Waals surface area contributed by atoms with E-state index in [-0.39, 0.29) is 0 Å². The Kier molecular flexibility index (Phi) is 5.38. The van der Waals surface area contributed by atoms with Gasteiger partial charge in [0.25, 0.3) is 0 Å². The molecule has 2 aromatic carbocycles. The molecule has 0 fully saturated rings. The van der Waals surface area contributed by atoms with Gasteiger partial charge in [-0.15, -0.1) is 0 Å². The second kappa shape index (κ2) is 7.08. The number of rotatable bonds is 6. The fraction of sp³-hybridized carbons (Fsp3) is 0.400. The van der Waals surface area contributed by atoms with Gasteiger partial charge in [-0.1, -0.05) is 54.6 Å². The van der Waals surface area contributed by atoms with Crippen LogP contribution in [0.3, 0.4) is 0 Å². The molecule has 0 aromatic heterocycles. The maximum Gasteiger partial charge on any atom is 0.0840 e. The van der Waals surface area contributed by atoms with Crippen molar-refractivity contribution < 1.29 is 5.11 Å². The monoisotopic (exact) mass is 297 g/mol. The van der Waals surface area contributed by atoms with Gasteiger partial charge in [0.05, 0.1) is 5.60 Å². The largest absolute Gasteiger partial charge is 0.386 e. The predicted molar refractivity (Wildman–Crippen MR) is 92.5 cm³/mol. The van der Waals surface area contributed by atoms with Crippen molar-refractivity contribution in [2.45, 2.75) is 52.4 Å². The summed E-state index contributed by atoms with van der Waals surface area (Å²) in [7, 11) is 0. The molecule has 1 N–H and O–H groups in total. The molecule has 0 aliphatic heterocycles. The minimum atomic E-state index is -0.777. The van der Waals surface area contributed by atoms with Crippen molar-refractivity contribution in [1.29, 1.82) is 0 Å². The zero-order chi connectivity index (χ0) is 16.2. The SMILES string of the molecule is CC(C)N(Cc1ccccc1)Cc1ccc(C(C)(C)O)cc1. The predicted octanol–water partition coefficient (Wildman–Crippen LogP) is 4.32. The van der Waals surface area contributed by atoms with E-state index in [1.807, 2.05) is 26.0 Å². The molecule has 2 rings (SSSR count). The van der Waals surface area contributed by atoms with Crippen molar-refractivity contribution in [2.24, 2.45) is 0 Å². The highest BCUT2D eigenvalue weighted by molar-refractivity contribution is 5.26. The molecule has 118 valence electrons. The second-order valence-electron chi connectivity index (χ2n) is 6.74. The van der Waals surface area contributed by atoms with Crippen molar-refractivity contribution in [2.75, 3.05) is 0 Å². The van der Waals surface area contributed by atoms with Crippen molar-refractivity contribution in [3.8, 4) is 0 Å². The van der Waals surface area contributed by atoms with Gasteiger partial charge in [0.1, 0.15) is 0 Å². The summed E-state index contributed by atoms with van der Waals surface area (Å²) in [5, 5.41) is 10.0. The fourth-order valence-electron chi connectivity index (χ4n) is 2.49. The van der Waals surface area contributed by atoms with Crippen LogP contribution in [0.1, 0.15) is 44.4 Å². The maximum atomic E-state index is 10.0. The first-order valence-corrected chi connectivity index (χ1v) is 7.96. The highest BCUT2D eigenvalue weighted by atomic mass is 16.3. The Morgan fingerprint density at radius 1 is 0.864 bits per heavy atom. The van der Waals surface area contributed by atoms with Crippen LogP contribution in [0.15, 0.2) is 54.6 Å². The van der Waals surface area contributed by atoms with E-state index in [2.05, 4.69) is 61.2 Å². The van der Waals surface area contributed by atoms with Crippen LogP contribution in [0.5, 0.6) is 0 Å². The third-order valence-corrected chi connectivity index (χ3v) is 4.00. The summed E-state index contributed by atoms with van der Waals surface area (Å²) in [5.41, 5.74) is 2.79. The lowest BCUT2D eigenvalue weighted by Gasteiger charge is -2.27. The molecule has 0 unspecified atom stereocenters. The van der Waals surface area contributed by atoms with Gasteiger partial charge in [-0.25, -0.2) is 0 Å². The van der Waals surface area contributed by atoms with Gasteiger partial charge < -0.3 is 5.11 Å². The summed E-state index contributed by atoms with van der Waals surface area (Å²) in [5.74, 6) is 0. The standard InChI is InChI=1S/C20H27NO/c1-16(2)21(14-17-8-6-5-7-9-17)15-18-10-12-19(13-11-18)20(3,4)22/h5-13,16,22H,14-15H2,1-4H3. The van der Waals surface area contributed by atoms with Crippen LogP contribution < -0.4 is 0 Å². The lowest BCUT2D eigenvalue weighted by atomic mass is 9.97. The van der Waals surface area contributed by atoms with Crippen LogP contribution in [-0.4, -0.2) is 16.0 Å². The Morgan fingerprint density at radius 2 is 1.36 bits per heavy atom. The van der Waals surface area contributed by atoms with Gasteiger partial charge in [0, 0.05) is 19.1 Å². The molecule has 0 aliphatic carbocycles. The van der Waals surface area contributed by atoms with Gasteiger partial charge in [0.15, 0.2) is 0 Å². The molecule has 0 heterocycles. The first kappa shape index (κ1) is 16.7. The highest BCUT2D eigenvalue weighted by Crippen LogP contribution is 2.21. The van der Waals surface area contributed by atoms with Crippen LogP contribution >= 0.6 is 0 Å². The molecule has 0 amide bonds. The molecular formula is C20H27NO. The fourth-order valence-corrected chi connectivity index (χ4v) is 2.49. The first-order valence-electron chi connectivity index (χ1n) is 7.96. The van der Waals surface area contributed by atoms with Crippen LogP contribution in [0.25, 0.3) is 0 Å². The van der Waals surface area contributed by atoms with Crippen molar-refractivity contribution in [1.82, 2.24) is 4.90 Å². The van der Waals surface area contributed by atoms with E-state index in [4.69, 9.17) is 0 Å². The number of nitrogens with zero attached hydrogens (tertiary/aromatic N) is 1. The van der Waals surface area contributed by atoms with E-state index in [1.165, 1.54) is 11.1 Å². The molecule has 0 spiro atoms. The molecule has 0 radical (unpaired) electrons. The van der Waals surface area contributed by atoms with E-state index in [0.29, 0.717) is 6.04 Å². The van der Waals surface area contributed by atoms with Gasteiger partial charge >= 0.3 is 0 Å². The Bertz CT molecular complexity index is 567. The van der Waals surface area contributed by atoms with Crippen LogP contribution in [0, 0.1) is 0 Å². The van der Waals surface area contributed by atoms with E-state index in [1.54, 1.807) is 0 Å². The zero-order valence-corrected chi connectivity index (χ0v) is 14.1. The lowest BCUT2D eigenvalue weighted by Crippen LogP contribution is -2.29. The van der Waals surface area contributed by atoms with Crippen LogP contribution in [-0.2, 0) is 18.7 Å². The van der Waals surface area contributed by atoms with Gasteiger partial charge in [-0.3, -0.25) is 4.90 Å². The topological polar surface area (TPSA) is 23.5 Å². The lowest BCUT2D eigenvalue weighted by molar-refractivity contribution is 0.0785. The third kappa shape index (κ3) is 4.69. The van der Waals surface area contributed by atoms with E-state index >= 15 is 0 Å². The quantitative estimate of drug-likeness (QED) is 0.858. The molecular weight excluding hydrogens is 270 g/mol. The van der Waals surface area contributed by atoms with Crippen LogP contribution in [0.2, 0.25) is 0 Å². The summed E-state index contributed by atoms with van der Waals surface area (Å²) in [6.07, 6.45) is 0. The van der Waals surface area contributed by atoms with E-state index in [0.717, 1.165) is 18.7 Å². The maximum absolute atomic E-state index is 10.0. The van der Waals surface area contributed by atoms with Crippen molar-refractivity contribution >= 4 is 0 Å². The van der Waals surface area contributed by atoms with Crippen molar-refractivity contribution in [3.63, 3.8) is 0 Å². The minimum absolute atomic E-state index is 0.481. The Labute approximate surface area is 134 Å². The smallest absolute Gasteiger partial charge is 0.0840 e. The summed E-state index contributed by atoms with van der Waals surface area (Å²) < 4.78 is 0.